The molecule has 2 rings (SSSR count). The van der Waals surface area contributed by atoms with Crippen LogP contribution in [0, 0.1) is 0 Å². The molecule has 1 atom stereocenters. The van der Waals surface area contributed by atoms with Gasteiger partial charge < -0.3 is 4.74 Å². The zero-order valence-electron chi connectivity index (χ0n) is 6.54. The highest BCUT2D eigenvalue weighted by Gasteiger charge is 2.29. The normalized spacial score (nSPS) is 18.8. The van der Waals surface area contributed by atoms with E-state index in [-0.39, 0.29) is 0 Å². The van der Waals surface area contributed by atoms with Crippen LogP contribution < -0.4 is 0 Å². The number of azide groups is 1. The third kappa shape index (κ3) is 1.11. The predicted octanol–water partition coefficient (Wildman–Crippen LogP) is 2.17. The first-order valence-electron chi connectivity index (χ1n) is 3.67. The van der Waals surface area contributed by atoms with E-state index in [0.717, 1.165) is 0 Å². The summed E-state index contributed by atoms with van der Waals surface area (Å²) in [5, 5.41) is 3.35. The number of hydrogen-bond donors (Lipinski definition) is 0. The molecule has 5 nitrogen and oxygen atoms in total. The molecule has 1 aromatic carbocycles. The topological polar surface area (TPSA) is 75.1 Å². The van der Waals surface area contributed by atoms with Gasteiger partial charge in [0, 0.05) is 10.5 Å². The van der Waals surface area contributed by atoms with Gasteiger partial charge in [0.15, 0.2) is 0 Å². The molecule has 0 spiro atoms. The van der Waals surface area contributed by atoms with Gasteiger partial charge in [-0.2, -0.15) is 0 Å². The lowest BCUT2D eigenvalue weighted by Crippen LogP contribution is -1.94. The van der Waals surface area contributed by atoms with Gasteiger partial charge in [-0.1, -0.05) is 18.2 Å². The average molecular weight is 175 g/mol. The molecule has 1 heterocycles. The van der Waals surface area contributed by atoms with Gasteiger partial charge in [-0.25, -0.2) is 4.79 Å². The summed E-state index contributed by atoms with van der Waals surface area (Å²) in [6.45, 7) is 0. The standard InChI is InChI=1S/C8H5N3O2/c9-11-10-7-5-3-1-2-4-6(5)8(12)13-7/h1-4,7H. The summed E-state index contributed by atoms with van der Waals surface area (Å²) in [7, 11) is 0. The number of nitrogens with zero attached hydrogens (tertiary/aromatic N) is 3. The third-order valence-corrected chi connectivity index (χ3v) is 1.82. The van der Waals surface area contributed by atoms with Crippen LogP contribution in [0.15, 0.2) is 29.4 Å². The Kier molecular flexibility index (Phi) is 1.65. The van der Waals surface area contributed by atoms with Crippen LogP contribution in [-0.2, 0) is 4.74 Å². The quantitative estimate of drug-likeness (QED) is 0.284. The number of fused-ring (bicyclic) bond motifs is 1. The lowest BCUT2D eigenvalue weighted by molar-refractivity contribution is 0.0400. The lowest BCUT2D eigenvalue weighted by atomic mass is 10.1. The van der Waals surface area contributed by atoms with Gasteiger partial charge in [-0.05, 0) is 16.7 Å². The number of hydrogen-bond acceptors (Lipinski definition) is 3. The molecular weight excluding hydrogens is 170 g/mol. The molecule has 0 fully saturated rings. The van der Waals surface area contributed by atoms with Crippen molar-refractivity contribution < 1.29 is 9.53 Å². The van der Waals surface area contributed by atoms with Crippen LogP contribution in [0.1, 0.15) is 22.1 Å². The van der Waals surface area contributed by atoms with Gasteiger partial charge in [0.1, 0.15) is 0 Å². The highest BCUT2D eigenvalue weighted by molar-refractivity contribution is 5.93. The van der Waals surface area contributed by atoms with Crippen LogP contribution in [-0.4, -0.2) is 5.97 Å². The second kappa shape index (κ2) is 2.80. The van der Waals surface area contributed by atoms with E-state index in [4.69, 9.17) is 10.3 Å². The van der Waals surface area contributed by atoms with Crippen LogP contribution in [0.4, 0.5) is 0 Å². The Morgan fingerprint density at radius 2 is 2.23 bits per heavy atom. The van der Waals surface area contributed by atoms with Crippen molar-refractivity contribution in [1.82, 2.24) is 0 Å². The number of carbonyl (C=O) groups is 1. The zero-order valence-corrected chi connectivity index (χ0v) is 6.54. The van der Waals surface area contributed by atoms with Crippen LogP contribution in [0.2, 0.25) is 0 Å². The van der Waals surface area contributed by atoms with Gasteiger partial charge in [0.05, 0.1) is 5.56 Å². The average Bonchev–Trinajstić information content (AvgIpc) is 2.46. The Labute approximate surface area is 73.6 Å². The minimum atomic E-state index is -0.798. The van der Waals surface area contributed by atoms with E-state index in [1.54, 1.807) is 24.3 Å². The fourth-order valence-corrected chi connectivity index (χ4v) is 1.26. The van der Waals surface area contributed by atoms with Crippen LogP contribution in [0.3, 0.4) is 0 Å². The molecule has 0 aromatic heterocycles. The van der Waals surface area contributed by atoms with E-state index in [0.29, 0.717) is 11.1 Å². The smallest absolute Gasteiger partial charge is 0.339 e. The number of rotatable bonds is 1. The largest absolute Gasteiger partial charge is 0.448 e. The van der Waals surface area contributed by atoms with Crippen molar-refractivity contribution in [2.75, 3.05) is 0 Å². The number of cyclic esters (lactones) is 1. The summed E-state index contributed by atoms with van der Waals surface area (Å²) in [6, 6.07) is 6.85. The summed E-state index contributed by atoms with van der Waals surface area (Å²) >= 11 is 0. The van der Waals surface area contributed by atoms with Gasteiger partial charge in [-0.3, -0.25) is 0 Å². The van der Waals surface area contributed by atoms with Crippen LogP contribution in [0.5, 0.6) is 0 Å². The maximum Gasteiger partial charge on any atom is 0.339 e. The number of carbonyl (C=O) groups excluding carboxylic acids is 1. The van der Waals surface area contributed by atoms with Crippen molar-refractivity contribution in [1.29, 1.82) is 0 Å². The second-order valence-electron chi connectivity index (χ2n) is 2.55. The molecule has 0 amide bonds. The maximum atomic E-state index is 11.1. The predicted molar refractivity (Wildman–Crippen MR) is 43.7 cm³/mol. The molecule has 64 valence electrons. The van der Waals surface area contributed by atoms with E-state index in [1.807, 2.05) is 0 Å². The van der Waals surface area contributed by atoms with Crippen molar-refractivity contribution in [3.63, 3.8) is 0 Å². The molecule has 1 aromatic rings. The van der Waals surface area contributed by atoms with Crippen molar-refractivity contribution in [3.8, 4) is 0 Å². The molecule has 0 aliphatic carbocycles. The van der Waals surface area contributed by atoms with Crippen molar-refractivity contribution in [2.45, 2.75) is 6.23 Å². The van der Waals surface area contributed by atoms with Crippen LogP contribution >= 0.6 is 0 Å². The summed E-state index contributed by atoms with van der Waals surface area (Å²) in [5.41, 5.74) is 9.31. The number of ether oxygens (including phenoxy) is 1. The first-order valence-corrected chi connectivity index (χ1v) is 3.67. The van der Waals surface area contributed by atoms with E-state index in [9.17, 15) is 4.79 Å². The Hall–Kier alpha value is -2.00. The first kappa shape index (κ1) is 7.64. The minimum absolute atomic E-state index is 0.437. The molecule has 0 N–H and O–H groups in total. The van der Waals surface area contributed by atoms with Crippen molar-refractivity contribution in [2.24, 2.45) is 5.11 Å². The lowest BCUT2D eigenvalue weighted by Gasteiger charge is -2.00. The zero-order chi connectivity index (χ0) is 9.26. The Balaban J connectivity index is 2.52. The highest BCUT2D eigenvalue weighted by Crippen LogP contribution is 2.30. The number of esters is 1. The van der Waals surface area contributed by atoms with Gasteiger partial charge in [-0.15, -0.1) is 0 Å². The fraction of sp³-hybridized carbons (Fsp3) is 0.125. The Bertz CT molecular complexity index is 410. The minimum Gasteiger partial charge on any atom is -0.448 e. The van der Waals surface area contributed by atoms with E-state index in [1.165, 1.54) is 0 Å². The Morgan fingerprint density at radius 1 is 1.46 bits per heavy atom. The molecule has 0 saturated carbocycles. The summed E-state index contributed by atoms with van der Waals surface area (Å²) in [6.07, 6.45) is -0.798. The first-order chi connectivity index (χ1) is 6.33. The molecule has 0 saturated heterocycles. The molecule has 1 aliphatic rings. The molecule has 13 heavy (non-hydrogen) atoms. The van der Waals surface area contributed by atoms with Gasteiger partial charge in [0.2, 0.25) is 6.23 Å². The summed E-state index contributed by atoms with van der Waals surface area (Å²) in [4.78, 5) is 13.7. The van der Waals surface area contributed by atoms with Gasteiger partial charge in [0.25, 0.3) is 0 Å². The SMILES string of the molecule is [N-]=[N+]=NC1OC(=O)c2ccccc21. The third-order valence-electron chi connectivity index (χ3n) is 1.82. The molecule has 1 unspecified atom stereocenters. The molecular formula is C8H5N3O2. The van der Waals surface area contributed by atoms with Crippen LogP contribution in [0.25, 0.3) is 10.4 Å². The molecule has 1 aliphatic heterocycles. The highest BCUT2D eigenvalue weighted by atomic mass is 16.6. The summed E-state index contributed by atoms with van der Waals surface area (Å²) in [5.74, 6) is -0.437. The monoisotopic (exact) mass is 175 g/mol. The van der Waals surface area contributed by atoms with Crippen molar-refractivity contribution >= 4 is 5.97 Å². The molecule has 0 radical (unpaired) electrons. The van der Waals surface area contributed by atoms with E-state index < -0.39 is 12.2 Å². The second-order valence-corrected chi connectivity index (χ2v) is 2.55. The van der Waals surface area contributed by atoms with Gasteiger partial charge >= 0.3 is 5.97 Å². The van der Waals surface area contributed by atoms with Crippen molar-refractivity contribution in [3.05, 3.63) is 45.8 Å². The fourth-order valence-electron chi connectivity index (χ4n) is 1.26. The maximum absolute atomic E-state index is 11.1. The Morgan fingerprint density at radius 3 is 3.00 bits per heavy atom. The molecule has 5 heteroatoms. The van der Waals surface area contributed by atoms with E-state index >= 15 is 0 Å². The number of benzene rings is 1. The van der Waals surface area contributed by atoms with E-state index in [2.05, 4.69) is 10.0 Å². The summed E-state index contributed by atoms with van der Waals surface area (Å²) < 4.78 is 4.81. The molecule has 0 bridgehead atoms.